The van der Waals surface area contributed by atoms with Crippen LogP contribution >= 0.6 is 15.6 Å². The topological polar surface area (TPSA) is 204 Å². The van der Waals surface area contributed by atoms with Gasteiger partial charge in [0.1, 0.15) is 12.7 Å². The molecule has 0 saturated carbocycles. The summed E-state index contributed by atoms with van der Waals surface area (Å²) in [4.78, 5) is 58.3. The van der Waals surface area contributed by atoms with Crippen LogP contribution in [0.1, 0.15) is 168 Å². The van der Waals surface area contributed by atoms with Crippen LogP contribution in [0.2, 0.25) is 0 Å². The number of aliphatic hydroxyl groups excluding tert-OH is 1. The minimum Gasteiger partial charge on any atom is -0.790 e. The number of aliphatic hydroxyl groups is 1. The maximum absolute atomic E-state index is 12.6. The molecule has 0 aliphatic carbocycles. The molecule has 0 aromatic heterocycles. The van der Waals surface area contributed by atoms with E-state index in [1.165, 1.54) is 51.4 Å². The first-order valence-corrected chi connectivity index (χ1v) is 22.9. The molecular formula is C38H69O13P2-3. The number of phosphoric acid groups is 2. The Hall–Kier alpha value is -1.40. The van der Waals surface area contributed by atoms with Crippen LogP contribution in [0.5, 0.6) is 0 Å². The lowest BCUT2D eigenvalue weighted by molar-refractivity contribution is -0.342. The molecule has 0 bridgehead atoms. The van der Waals surface area contributed by atoms with Crippen molar-refractivity contribution in [1.82, 2.24) is 0 Å². The van der Waals surface area contributed by atoms with Crippen LogP contribution in [0.15, 0.2) is 24.3 Å². The summed E-state index contributed by atoms with van der Waals surface area (Å²) in [6, 6.07) is 0. The fourth-order valence-corrected chi connectivity index (χ4v) is 6.34. The Bertz CT molecular complexity index is 1050. The molecule has 0 heterocycles. The van der Waals surface area contributed by atoms with Gasteiger partial charge in [0.05, 0.1) is 27.6 Å². The number of carbonyl (C=O) groups is 2. The van der Waals surface area contributed by atoms with Gasteiger partial charge in [-0.1, -0.05) is 115 Å². The van der Waals surface area contributed by atoms with Gasteiger partial charge in [0.15, 0.2) is 6.10 Å². The molecule has 53 heavy (non-hydrogen) atoms. The summed E-state index contributed by atoms with van der Waals surface area (Å²) in [7, 11) is -10.5. The van der Waals surface area contributed by atoms with Crippen LogP contribution in [0.3, 0.4) is 0 Å². The molecule has 3 atom stereocenters. The average molecular weight is 796 g/mol. The highest BCUT2D eigenvalue weighted by Gasteiger charge is 2.22. The molecule has 0 radical (unpaired) electrons. The Morgan fingerprint density at radius 3 is 1.42 bits per heavy atom. The molecule has 1 N–H and O–H groups in total. The van der Waals surface area contributed by atoms with Crippen molar-refractivity contribution in [1.29, 1.82) is 0 Å². The highest BCUT2D eigenvalue weighted by molar-refractivity contribution is 7.45. The summed E-state index contributed by atoms with van der Waals surface area (Å²) in [6.45, 7) is 1.30. The second-order valence-corrected chi connectivity index (χ2v) is 16.0. The van der Waals surface area contributed by atoms with Gasteiger partial charge in [-0.3, -0.25) is 14.2 Å². The second-order valence-electron chi connectivity index (χ2n) is 13.5. The van der Waals surface area contributed by atoms with Crippen molar-refractivity contribution in [2.75, 3.05) is 26.4 Å². The molecule has 0 spiro atoms. The van der Waals surface area contributed by atoms with Crippen LogP contribution in [0.25, 0.3) is 0 Å². The lowest BCUT2D eigenvalue weighted by atomic mass is 10.1. The third-order valence-corrected chi connectivity index (χ3v) is 9.68. The van der Waals surface area contributed by atoms with Crippen LogP contribution in [0.4, 0.5) is 0 Å². The zero-order valence-corrected chi connectivity index (χ0v) is 34.3. The zero-order valence-electron chi connectivity index (χ0n) is 32.5. The van der Waals surface area contributed by atoms with Crippen molar-refractivity contribution in [2.45, 2.75) is 180 Å². The van der Waals surface area contributed by atoms with E-state index in [0.717, 1.165) is 77.0 Å². The van der Waals surface area contributed by atoms with Crippen LogP contribution < -0.4 is 14.7 Å². The fourth-order valence-electron chi connectivity index (χ4n) is 5.21. The van der Waals surface area contributed by atoms with E-state index in [0.29, 0.717) is 12.8 Å². The number of unbranched alkanes of at least 4 members (excludes halogenated alkanes) is 18. The van der Waals surface area contributed by atoms with Crippen LogP contribution in [-0.4, -0.2) is 55.7 Å². The molecule has 0 fully saturated rings. The molecule has 0 aromatic carbocycles. The summed E-state index contributed by atoms with van der Waals surface area (Å²) >= 11 is 0. The Morgan fingerprint density at radius 2 is 0.943 bits per heavy atom. The van der Waals surface area contributed by atoms with Crippen molar-refractivity contribution in [3.05, 3.63) is 24.3 Å². The number of carbonyl (C=O) groups excluding carboxylic acids is 2. The first-order chi connectivity index (χ1) is 25.4. The van der Waals surface area contributed by atoms with Crippen molar-refractivity contribution >= 4 is 27.6 Å². The first kappa shape index (κ1) is 51.6. The van der Waals surface area contributed by atoms with Crippen molar-refractivity contribution in [3.63, 3.8) is 0 Å². The molecule has 0 rings (SSSR count). The summed E-state index contributed by atoms with van der Waals surface area (Å²) in [5.41, 5.74) is 0. The number of rotatable bonds is 38. The molecule has 1 unspecified atom stereocenters. The van der Waals surface area contributed by atoms with Crippen molar-refractivity contribution < 1.29 is 61.6 Å². The van der Waals surface area contributed by atoms with E-state index in [1.54, 1.807) is 0 Å². The predicted octanol–water partition coefficient (Wildman–Crippen LogP) is 7.66. The fraction of sp³-hybridized carbons (Fsp3) is 0.842. The summed E-state index contributed by atoms with van der Waals surface area (Å²) < 4.78 is 46.6. The number of esters is 2. The third-order valence-electron chi connectivity index (χ3n) is 8.28. The van der Waals surface area contributed by atoms with Gasteiger partial charge in [-0.15, -0.1) is 0 Å². The Kier molecular flexibility index (Phi) is 34.1. The number of hydrogen-bond acceptors (Lipinski definition) is 13. The van der Waals surface area contributed by atoms with Gasteiger partial charge in [0.2, 0.25) is 0 Å². The van der Waals surface area contributed by atoms with Gasteiger partial charge < -0.3 is 47.4 Å². The standard InChI is InChI=1S/C38H72O13P2/c1-3-5-7-9-11-13-15-17-19-21-23-25-27-29-37(40)47-33-36(34-50-53(45,46)49-32-35(39)31-48-52(42,43)44)51-38(41)30-28-26-24-22-20-18-16-14-12-10-8-6-4-2/h13-16,35-36,39H,3-12,17-34H2,1-2H3,(H,45,46)(H2,42,43,44)/p-3/b15-13-,16-14-/t35-,36+/m0/s1. The van der Waals surface area contributed by atoms with Crippen LogP contribution in [-0.2, 0) is 41.8 Å². The molecule has 0 aliphatic heterocycles. The minimum absolute atomic E-state index is 0.0951. The molecule has 15 heteroatoms. The molecule has 0 saturated heterocycles. The number of phosphoric ester groups is 2. The zero-order chi connectivity index (χ0) is 39.5. The SMILES string of the molecule is CCCCCC/C=C\CCCCCCCC(=O)OC[C@H](COP(=O)([O-])OC[C@@H](O)COP(=O)([O-])[O-])OC(=O)CCCCCCC/C=C\CCCCCC. The maximum Gasteiger partial charge on any atom is 0.306 e. The van der Waals surface area contributed by atoms with Gasteiger partial charge in [0, 0.05) is 12.8 Å². The van der Waals surface area contributed by atoms with Crippen molar-refractivity contribution in [3.8, 4) is 0 Å². The normalized spacial score (nSPS) is 14.5. The summed E-state index contributed by atoms with van der Waals surface area (Å²) in [5, 5.41) is 9.63. The molecule has 13 nitrogen and oxygen atoms in total. The van der Waals surface area contributed by atoms with E-state index in [-0.39, 0.29) is 12.8 Å². The first-order valence-electron chi connectivity index (χ1n) is 20.0. The lowest BCUT2D eigenvalue weighted by Gasteiger charge is -2.30. The maximum atomic E-state index is 12.6. The molecule has 0 aliphatic rings. The smallest absolute Gasteiger partial charge is 0.306 e. The molecule has 0 aromatic rings. The predicted molar refractivity (Wildman–Crippen MR) is 200 cm³/mol. The highest BCUT2D eigenvalue weighted by atomic mass is 31.2. The third kappa shape index (κ3) is 38.7. The molecular weight excluding hydrogens is 726 g/mol. The van der Waals surface area contributed by atoms with E-state index >= 15 is 0 Å². The van der Waals surface area contributed by atoms with Gasteiger partial charge in [-0.2, -0.15) is 0 Å². The van der Waals surface area contributed by atoms with Gasteiger partial charge in [-0.05, 0) is 64.2 Å². The largest absolute Gasteiger partial charge is 0.790 e. The van der Waals surface area contributed by atoms with Gasteiger partial charge in [0.25, 0.3) is 7.82 Å². The van der Waals surface area contributed by atoms with E-state index in [1.807, 2.05) is 0 Å². The molecule has 312 valence electrons. The van der Waals surface area contributed by atoms with Gasteiger partial charge in [-0.25, -0.2) is 0 Å². The van der Waals surface area contributed by atoms with Crippen molar-refractivity contribution in [2.24, 2.45) is 0 Å². The second kappa shape index (κ2) is 35.0. The van der Waals surface area contributed by atoms with Gasteiger partial charge >= 0.3 is 11.9 Å². The average Bonchev–Trinajstić information content (AvgIpc) is 3.11. The molecule has 0 amide bonds. The van der Waals surface area contributed by atoms with E-state index < -0.39 is 66.2 Å². The monoisotopic (exact) mass is 795 g/mol. The quantitative estimate of drug-likeness (QED) is 0.0276. The van der Waals surface area contributed by atoms with E-state index in [2.05, 4.69) is 47.2 Å². The Labute approximate surface area is 319 Å². The van der Waals surface area contributed by atoms with E-state index in [4.69, 9.17) is 14.0 Å². The number of ether oxygens (including phenoxy) is 2. The van der Waals surface area contributed by atoms with Crippen LogP contribution in [0, 0.1) is 0 Å². The minimum atomic E-state index is -5.37. The lowest BCUT2D eigenvalue weighted by Crippen LogP contribution is -2.31. The number of allylic oxidation sites excluding steroid dienone is 4. The summed E-state index contributed by atoms with van der Waals surface area (Å²) in [5.74, 6) is -1.11. The Balaban J connectivity index is 4.59. The number of hydrogen-bond donors (Lipinski definition) is 1. The Morgan fingerprint density at radius 1 is 0.547 bits per heavy atom. The van der Waals surface area contributed by atoms with E-state index in [9.17, 15) is 38.5 Å². The summed E-state index contributed by atoms with van der Waals surface area (Å²) in [6.07, 6.45) is 29.8. The highest BCUT2D eigenvalue weighted by Crippen LogP contribution is 2.38.